The van der Waals surface area contributed by atoms with Gasteiger partial charge in [-0.05, 0) is 30.2 Å². The molecule has 0 fully saturated rings. The van der Waals surface area contributed by atoms with Gasteiger partial charge in [-0.15, -0.1) is 0 Å². The van der Waals surface area contributed by atoms with E-state index in [1.807, 2.05) is 31.2 Å². The molecule has 4 nitrogen and oxygen atoms in total. The normalized spacial score (nSPS) is 12.0. The maximum absolute atomic E-state index is 10.7. The molecule has 0 saturated heterocycles. The second-order valence-corrected chi connectivity index (χ2v) is 5.43. The maximum atomic E-state index is 10.7. The molecular formula is C15H14Cl2N2O2. The fourth-order valence-corrected chi connectivity index (χ4v) is 2.49. The van der Waals surface area contributed by atoms with Crippen molar-refractivity contribution in [1.29, 1.82) is 0 Å². The molecule has 110 valence electrons. The average molecular weight is 325 g/mol. The van der Waals surface area contributed by atoms with Crippen molar-refractivity contribution in [2.24, 2.45) is 0 Å². The van der Waals surface area contributed by atoms with Crippen LogP contribution in [0.2, 0.25) is 10.0 Å². The van der Waals surface area contributed by atoms with E-state index in [-0.39, 0.29) is 11.7 Å². The van der Waals surface area contributed by atoms with Gasteiger partial charge in [-0.1, -0.05) is 42.3 Å². The van der Waals surface area contributed by atoms with Crippen molar-refractivity contribution in [3.05, 3.63) is 68.2 Å². The number of non-ortho nitro benzene ring substituents is 1. The highest BCUT2D eigenvalue weighted by molar-refractivity contribution is 6.33. The molecule has 0 radical (unpaired) electrons. The van der Waals surface area contributed by atoms with E-state index in [1.54, 1.807) is 6.07 Å². The smallest absolute Gasteiger partial charge is 0.271 e. The van der Waals surface area contributed by atoms with Crippen molar-refractivity contribution in [2.75, 3.05) is 5.32 Å². The highest BCUT2D eigenvalue weighted by Gasteiger charge is 2.14. The van der Waals surface area contributed by atoms with Crippen molar-refractivity contribution < 1.29 is 4.92 Å². The Labute approximate surface area is 132 Å². The molecule has 2 aromatic carbocycles. The van der Waals surface area contributed by atoms with Crippen LogP contribution < -0.4 is 5.32 Å². The second kappa shape index (κ2) is 6.78. The van der Waals surface area contributed by atoms with E-state index in [9.17, 15) is 10.1 Å². The van der Waals surface area contributed by atoms with Gasteiger partial charge in [-0.2, -0.15) is 0 Å². The predicted molar refractivity (Wildman–Crippen MR) is 86.2 cm³/mol. The summed E-state index contributed by atoms with van der Waals surface area (Å²) >= 11 is 12.1. The summed E-state index contributed by atoms with van der Waals surface area (Å²) in [5, 5.41) is 15.0. The van der Waals surface area contributed by atoms with Gasteiger partial charge in [0.05, 0.1) is 21.7 Å². The van der Waals surface area contributed by atoms with E-state index in [4.69, 9.17) is 23.2 Å². The molecule has 0 heterocycles. The van der Waals surface area contributed by atoms with Gasteiger partial charge < -0.3 is 5.32 Å². The van der Waals surface area contributed by atoms with Crippen LogP contribution in [-0.2, 0) is 0 Å². The Balaban J connectivity index is 2.25. The zero-order valence-electron chi connectivity index (χ0n) is 11.3. The molecule has 1 atom stereocenters. The minimum absolute atomic E-state index is 0.0265. The fourth-order valence-electron chi connectivity index (χ4n) is 2.07. The molecule has 2 aromatic rings. The molecule has 6 heteroatoms. The summed E-state index contributed by atoms with van der Waals surface area (Å²) in [6.45, 7) is 2.04. The van der Waals surface area contributed by atoms with Crippen LogP contribution in [0.1, 0.15) is 24.9 Å². The topological polar surface area (TPSA) is 55.2 Å². The minimum atomic E-state index is -0.468. The van der Waals surface area contributed by atoms with Gasteiger partial charge in [0.2, 0.25) is 0 Å². The number of halogens is 2. The van der Waals surface area contributed by atoms with Crippen LogP contribution in [0.5, 0.6) is 0 Å². The molecule has 2 rings (SSSR count). The lowest BCUT2D eigenvalue weighted by molar-refractivity contribution is -0.384. The number of hydrogen-bond acceptors (Lipinski definition) is 3. The highest BCUT2D eigenvalue weighted by atomic mass is 35.5. The fraction of sp³-hybridized carbons (Fsp3) is 0.200. The number of hydrogen-bond donors (Lipinski definition) is 1. The van der Waals surface area contributed by atoms with Crippen LogP contribution in [0.3, 0.4) is 0 Å². The van der Waals surface area contributed by atoms with Crippen LogP contribution in [0.15, 0.2) is 42.5 Å². The molecule has 21 heavy (non-hydrogen) atoms. The number of benzene rings is 2. The van der Waals surface area contributed by atoms with E-state index in [1.165, 1.54) is 12.1 Å². The number of anilines is 1. The quantitative estimate of drug-likeness (QED) is 0.586. The first-order valence-corrected chi connectivity index (χ1v) is 7.22. The van der Waals surface area contributed by atoms with Crippen molar-refractivity contribution >= 4 is 34.6 Å². The third-order valence-electron chi connectivity index (χ3n) is 3.15. The third-order valence-corrected chi connectivity index (χ3v) is 3.70. The summed E-state index contributed by atoms with van der Waals surface area (Å²) in [4.78, 5) is 10.2. The van der Waals surface area contributed by atoms with Crippen molar-refractivity contribution in [2.45, 2.75) is 19.4 Å². The summed E-state index contributed by atoms with van der Waals surface area (Å²) in [6.07, 6.45) is 0.827. The van der Waals surface area contributed by atoms with Crippen molar-refractivity contribution in [1.82, 2.24) is 0 Å². The van der Waals surface area contributed by atoms with E-state index >= 15 is 0 Å². The first-order valence-electron chi connectivity index (χ1n) is 6.47. The standard InChI is InChI=1S/C15H14Cl2N2O2/c1-2-14(10-4-3-5-11(16)8-10)18-15-7-6-12(19(20)21)9-13(15)17/h3-9,14,18H,2H2,1H3. The molecule has 0 aliphatic carbocycles. The lowest BCUT2D eigenvalue weighted by Gasteiger charge is -2.19. The second-order valence-electron chi connectivity index (χ2n) is 4.58. The Bertz CT molecular complexity index is 662. The molecule has 0 spiro atoms. The average Bonchev–Trinajstić information content (AvgIpc) is 2.45. The molecule has 1 unspecified atom stereocenters. The van der Waals surface area contributed by atoms with Crippen LogP contribution in [0.4, 0.5) is 11.4 Å². The van der Waals surface area contributed by atoms with E-state index in [2.05, 4.69) is 5.32 Å². The van der Waals surface area contributed by atoms with Gasteiger partial charge >= 0.3 is 0 Å². The number of nitro groups is 1. The maximum Gasteiger partial charge on any atom is 0.271 e. The van der Waals surface area contributed by atoms with Gasteiger partial charge in [0, 0.05) is 17.2 Å². The first-order chi connectivity index (χ1) is 10.0. The zero-order chi connectivity index (χ0) is 15.4. The van der Waals surface area contributed by atoms with E-state index in [0.29, 0.717) is 15.7 Å². The molecule has 1 N–H and O–H groups in total. The lowest BCUT2D eigenvalue weighted by Crippen LogP contribution is -2.10. The minimum Gasteiger partial charge on any atom is -0.377 e. The van der Waals surface area contributed by atoms with Gasteiger partial charge in [0.25, 0.3) is 5.69 Å². The summed E-state index contributed by atoms with van der Waals surface area (Å²) in [6, 6.07) is 12.0. The van der Waals surface area contributed by atoms with Crippen LogP contribution in [-0.4, -0.2) is 4.92 Å². The van der Waals surface area contributed by atoms with E-state index < -0.39 is 4.92 Å². The molecule has 0 saturated carbocycles. The summed E-state index contributed by atoms with van der Waals surface area (Å²) in [7, 11) is 0. The number of nitrogens with zero attached hydrogens (tertiary/aromatic N) is 1. The molecule has 0 aromatic heterocycles. The van der Waals surface area contributed by atoms with Gasteiger partial charge in [0.15, 0.2) is 0 Å². The van der Waals surface area contributed by atoms with Crippen LogP contribution >= 0.6 is 23.2 Å². The van der Waals surface area contributed by atoms with Crippen LogP contribution in [0.25, 0.3) is 0 Å². The third kappa shape index (κ3) is 3.86. The number of nitrogens with one attached hydrogen (secondary N) is 1. The Hall–Kier alpha value is -1.78. The first kappa shape index (κ1) is 15.6. The number of nitro benzene ring substituents is 1. The monoisotopic (exact) mass is 324 g/mol. The molecule has 0 amide bonds. The Morgan fingerprint density at radius 1 is 1.24 bits per heavy atom. The van der Waals surface area contributed by atoms with Crippen molar-refractivity contribution in [3.8, 4) is 0 Å². The molecular weight excluding hydrogens is 311 g/mol. The Morgan fingerprint density at radius 3 is 2.57 bits per heavy atom. The highest BCUT2D eigenvalue weighted by Crippen LogP contribution is 2.31. The number of rotatable bonds is 5. The Morgan fingerprint density at radius 2 is 2.00 bits per heavy atom. The van der Waals surface area contributed by atoms with Crippen molar-refractivity contribution in [3.63, 3.8) is 0 Å². The summed E-state index contributed by atoms with van der Waals surface area (Å²) in [5.74, 6) is 0. The lowest BCUT2D eigenvalue weighted by atomic mass is 10.0. The van der Waals surface area contributed by atoms with Gasteiger partial charge in [-0.25, -0.2) is 0 Å². The van der Waals surface area contributed by atoms with Crippen LogP contribution in [0, 0.1) is 10.1 Å². The molecule has 0 bridgehead atoms. The summed E-state index contributed by atoms with van der Waals surface area (Å²) < 4.78 is 0. The predicted octanol–water partition coefficient (Wildman–Crippen LogP) is 5.46. The van der Waals surface area contributed by atoms with E-state index in [0.717, 1.165) is 12.0 Å². The summed E-state index contributed by atoms with van der Waals surface area (Å²) in [5.41, 5.74) is 1.68. The molecule has 0 aliphatic heterocycles. The zero-order valence-corrected chi connectivity index (χ0v) is 12.9. The van der Waals surface area contributed by atoms with Gasteiger partial charge in [-0.3, -0.25) is 10.1 Å². The SMILES string of the molecule is CCC(Nc1ccc([N+](=O)[O-])cc1Cl)c1cccc(Cl)c1. The van der Waals surface area contributed by atoms with Gasteiger partial charge in [0.1, 0.15) is 0 Å². The largest absolute Gasteiger partial charge is 0.377 e. The Kier molecular flexibility index (Phi) is 5.04. The molecule has 0 aliphatic rings.